The summed E-state index contributed by atoms with van der Waals surface area (Å²) < 4.78 is 7.28. The number of ether oxygens (including phenoxy) is 1. The van der Waals surface area contributed by atoms with Crippen LogP contribution in [0.15, 0.2) is 36.7 Å². The number of esters is 1. The van der Waals surface area contributed by atoms with Gasteiger partial charge in [-0.15, -0.1) is 5.10 Å². The van der Waals surface area contributed by atoms with Gasteiger partial charge >= 0.3 is 5.97 Å². The van der Waals surface area contributed by atoms with E-state index in [0.717, 1.165) is 36.3 Å². The van der Waals surface area contributed by atoms with Crippen LogP contribution < -0.4 is 4.74 Å². The van der Waals surface area contributed by atoms with Gasteiger partial charge in [0.2, 0.25) is 0 Å². The van der Waals surface area contributed by atoms with Crippen molar-refractivity contribution < 1.29 is 9.53 Å². The quantitative estimate of drug-likeness (QED) is 0.520. The maximum absolute atomic E-state index is 12.5. The molecule has 1 fully saturated rings. The van der Waals surface area contributed by atoms with E-state index >= 15 is 0 Å². The molecule has 7 heteroatoms. The van der Waals surface area contributed by atoms with Crippen LogP contribution in [0, 0.1) is 6.92 Å². The molecule has 0 unspecified atom stereocenters. The second kappa shape index (κ2) is 6.67. The number of benzene rings is 1. The van der Waals surface area contributed by atoms with Gasteiger partial charge in [0.1, 0.15) is 22.8 Å². The monoisotopic (exact) mass is 349 g/mol. The van der Waals surface area contributed by atoms with Crippen molar-refractivity contribution in [1.82, 2.24) is 25.0 Å². The third-order valence-corrected chi connectivity index (χ3v) is 4.35. The zero-order valence-corrected chi connectivity index (χ0v) is 14.7. The Bertz CT molecular complexity index is 945. The van der Waals surface area contributed by atoms with Gasteiger partial charge in [-0.3, -0.25) is 4.68 Å². The molecule has 26 heavy (non-hydrogen) atoms. The van der Waals surface area contributed by atoms with Gasteiger partial charge in [0.15, 0.2) is 0 Å². The van der Waals surface area contributed by atoms with E-state index in [1.165, 1.54) is 0 Å². The summed E-state index contributed by atoms with van der Waals surface area (Å²) in [6, 6.07) is 7.23. The first-order chi connectivity index (χ1) is 12.6. The average Bonchev–Trinajstić information content (AvgIpc) is 3.39. The van der Waals surface area contributed by atoms with Gasteiger partial charge in [0.25, 0.3) is 0 Å². The molecule has 0 spiro atoms. The molecule has 0 bridgehead atoms. The van der Waals surface area contributed by atoms with Crippen molar-refractivity contribution >= 4 is 5.97 Å². The van der Waals surface area contributed by atoms with E-state index in [1.54, 1.807) is 23.0 Å². The van der Waals surface area contributed by atoms with Crippen LogP contribution in [0.1, 0.15) is 47.6 Å². The Morgan fingerprint density at radius 3 is 2.69 bits per heavy atom. The van der Waals surface area contributed by atoms with Gasteiger partial charge in [-0.2, -0.15) is 0 Å². The highest BCUT2D eigenvalue weighted by Crippen LogP contribution is 2.40. The molecule has 0 aliphatic heterocycles. The molecule has 132 valence electrons. The second-order valence-electron chi connectivity index (χ2n) is 6.36. The molecule has 7 nitrogen and oxygen atoms in total. The van der Waals surface area contributed by atoms with Crippen molar-refractivity contribution in [2.45, 2.75) is 39.2 Å². The number of carbonyl (C=O) groups excluding carboxylic acids is 1. The van der Waals surface area contributed by atoms with Crippen LogP contribution in [0.4, 0.5) is 0 Å². The lowest BCUT2D eigenvalue weighted by molar-refractivity contribution is 0.0732. The Kier molecular flexibility index (Phi) is 4.20. The SMILES string of the molecule is CCn1cc(-c2ccc(OC(=O)c3cnc(C)nc3C3CC3)cc2)nn1. The molecule has 0 atom stereocenters. The lowest BCUT2D eigenvalue weighted by Crippen LogP contribution is -2.13. The Labute approximate surface area is 151 Å². The molecule has 1 aliphatic carbocycles. The van der Waals surface area contributed by atoms with Gasteiger partial charge in [-0.25, -0.2) is 14.8 Å². The Balaban J connectivity index is 1.51. The van der Waals surface area contributed by atoms with Crippen LogP contribution in [0.2, 0.25) is 0 Å². The molecule has 0 radical (unpaired) electrons. The van der Waals surface area contributed by atoms with E-state index in [4.69, 9.17) is 4.74 Å². The highest BCUT2D eigenvalue weighted by atomic mass is 16.5. The number of rotatable bonds is 5. The number of aryl methyl sites for hydroxylation is 2. The van der Waals surface area contributed by atoms with Crippen LogP contribution in [0.5, 0.6) is 5.75 Å². The van der Waals surface area contributed by atoms with Gasteiger partial charge in [0.05, 0.1) is 11.9 Å². The first-order valence-corrected chi connectivity index (χ1v) is 8.70. The molecule has 1 aromatic carbocycles. The number of hydrogen-bond acceptors (Lipinski definition) is 6. The number of carbonyl (C=O) groups is 1. The summed E-state index contributed by atoms with van der Waals surface area (Å²) in [7, 11) is 0. The standard InChI is InChI=1S/C19H19N5O2/c1-3-24-11-17(22-23-24)13-6-8-15(9-7-13)26-19(25)16-10-20-12(2)21-18(16)14-4-5-14/h6-11,14H,3-5H2,1-2H3. The normalized spacial score (nSPS) is 13.6. The smallest absolute Gasteiger partial charge is 0.346 e. The third kappa shape index (κ3) is 3.33. The van der Waals surface area contributed by atoms with Crippen molar-refractivity contribution in [2.75, 3.05) is 0 Å². The molecule has 0 N–H and O–H groups in total. The largest absolute Gasteiger partial charge is 0.423 e. The van der Waals surface area contributed by atoms with Crippen molar-refractivity contribution in [3.8, 4) is 17.0 Å². The fraction of sp³-hybridized carbons (Fsp3) is 0.316. The number of nitrogens with zero attached hydrogens (tertiary/aromatic N) is 5. The number of hydrogen-bond donors (Lipinski definition) is 0. The van der Waals surface area contributed by atoms with Gasteiger partial charge in [-0.05, 0) is 51.0 Å². The van der Waals surface area contributed by atoms with Gasteiger partial charge in [-0.1, -0.05) is 5.21 Å². The van der Waals surface area contributed by atoms with Crippen molar-refractivity contribution in [3.05, 3.63) is 53.7 Å². The van der Waals surface area contributed by atoms with E-state index in [9.17, 15) is 4.79 Å². The molecular formula is C19H19N5O2. The molecule has 4 rings (SSSR count). The van der Waals surface area contributed by atoms with Gasteiger partial charge < -0.3 is 4.74 Å². The fourth-order valence-electron chi connectivity index (χ4n) is 2.75. The van der Waals surface area contributed by atoms with E-state index in [0.29, 0.717) is 23.1 Å². The lowest BCUT2D eigenvalue weighted by atomic mass is 10.1. The van der Waals surface area contributed by atoms with Crippen LogP contribution in [-0.2, 0) is 6.54 Å². The van der Waals surface area contributed by atoms with Gasteiger partial charge in [0, 0.05) is 24.2 Å². The molecule has 2 aromatic heterocycles. The van der Waals surface area contributed by atoms with E-state index in [2.05, 4.69) is 20.3 Å². The summed E-state index contributed by atoms with van der Waals surface area (Å²) in [6.45, 7) is 4.60. The highest BCUT2D eigenvalue weighted by molar-refractivity contribution is 5.92. The second-order valence-corrected chi connectivity index (χ2v) is 6.36. The van der Waals surface area contributed by atoms with Crippen LogP contribution in [0.25, 0.3) is 11.3 Å². The first kappa shape index (κ1) is 16.4. The van der Waals surface area contributed by atoms with E-state index in [-0.39, 0.29) is 0 Å². The summed E-state index contributed by atoms with van der Waals surface area (Å²) in [4.78, 5) is 21.1. The van der Waals surface area contributed by atoms with E-state index in [1.807, 2.05) is 32.2 Å². The summed E-state index contributed by atoms with van der Waals surface area (Å²) >= 11 is 0. The molecule has 0 amide bonds. The summed E-state index contributed by atoms with van der Waals surface area (Å²) in [5.41, 5.74) is 2.96. The average molecular weight is 349 g/mol. The summed E-state index contributed by atoms with van der Waals surface area (Å²) in [5, 5.41) is 8.16. The molecular weight excluding hydrogens is 330 g/mol. The van der Waals surface area contributed by atoms with Crippen molar-refractivity contribution in [2.24, 2.45) is 0 Å². The van der Waals surface area contributed by atoms with Crippen molar-refractivity contribution in [3.63, 3.8) is 0 Å². The van der Waals surface area contributed by atoms with E-state index < -0.39 is 5.97 Å². The maximum atomic E-state index is 12.5. The third-order valence-electron chi connectivity index (χ3n) is 4.35. The molecule has 3 aromatic rings. The zero-order valence-electron chi connectivity index (χ0n) is 14.7. The topological polar surface area (TPSA) is 82.8 Å². The lowest BCUT2D eigenvalue weighted by Gasteiger charge is -2.08. The fourth-order valence-corrected chi connectivity index (χ4v) is 2.75. The van der Waals surface area contributed by atoms with Crippen LogP contribution in [-0.4, -0.2) is 30.9 Å². The predicted octanol–water partition coefficient (Wildman–Crippen LogP) is 3.16. The minimum Gasteiger partial charge on any atom is -0.423 e. The minimum atomic E-state index is -0.420. The zero-order chi connectivity index (χ0) is 18.1. The Morgan fingerprint density at radius 2 is 2.04 bits per heavy atom. The predicted molar refractivity (Wildman–Crippen MR) is 94.8 cm³/mol. The maximum Gasteiger partial charge on any atom is 0.346 e. The minimum absolute atomic E-state index is 0.350. The first-order valence-electron chi connectivity index (χ1n) is 8.70. The molecule has 1 saturated carbocycles. The Morgan fingerprint density at radius 1 is 1.27 bits per heavy atom. The number of aromatic nitrogens is 5. The molecule has 0 saturated heterocycles. The summed E-state index contributed by atoms with van der Waals surface area (Å²) in [5.74, 6) is 1.08. The summed E-state index contributed by atoms with van der Waals surface area (Å²) in [6.07, 6.45) is 5.57. The molecule has 2 heterocycles. The highest BCUT2D eigenvalue weighted by Gasteiger charge is 2.30. The Hall–Kier alpha value is -3.09. The van der Waals surface area contributed by atoms with Crippen LogP contribution in [0.3, 0.4) is 0 Å². The molecule has 1 aliphatic rings. The van der Waals surface area contributed by atoms with Crippen LogP contribution >= 0.6 is 0 Å². The van der Waals surface area contributed by atoms with Crippen molar-refractivity contribution in [1.29, 1.82) is 0 Å².